The van der Waals surface area contributed by atoms with Crippen molar-refractivity contribution in [1.29, 1.82) is 0 Å². The molecule has 3 unspecified atom stereocenters. The Bertz CT molecular complexity index is 915. The summed E-state index contributed by atoms with van der Waals surface area (Å²) in [6.07, 6.45) is 10.4. The second-order valence-corrected chi connectivity index (χ2v) is 10.3. The molecule has 3 heterocycles. The number of ether oxygens (including phenoxy) is 1. The van der Waals surface area contributed by atoms with E-state index in [4.69, 9.17) is 28.6 Å². The molecule has 1 aromatic heterocycles. The Hall–Kier alpha value is -1.86. The molecule has 1 amide bonds. The molecule has 2 aliphatic carbocycles. The fourth-order valence-electron chi connectivity index (χ4n) is 5.78. The zero-order valence-electron chi connectivity index (χ0n) is 17.8. The van der Waals surface area contributed by atoms with Crippen LogP contribution in [0, 0.1) is 17.3 Å². The van der Waals surface area contributed by atoms with Gasteiger partial charge < -0.3 is 19.9 Å². The van der Waals surface area contributed by atoms with Crippen LogP contribution in [-0.2, 0) is 0 Å². The van der Waals surface area contributed by atoms with Gasteiger partial charge in [-0.2, -0.15) is 0 Å². The van der Waals surface area contributed by atoms with E-state index in [1.165, 1.54) is 20.0 Å². The molecule has 31 heavy (non-hydrogen) atoms. The minimum Gasteiger partial charge on any atom is -0.481 e. The Morgan fingerprint density at radius 1 is 1.19 bits per heavy atom. The Balaban J connectivity index is 1.16. The molecule has 0 radical (unpaired) electrons. The summed E-state index contributed by atoms with van der Waals surface area (Å²) in [5.41, 5.74) is 0.788. The summed E-state index contributed by atoms with van der Waals surface area (Å²) in [5, 5.41) is 4.84. The molecule has 2 bridgehead atoms. The average molecular weight is 461 g/mol. The van der Waals surface area contributed by atoms with Gasteiger partial charge in [-0.1, -0.05) is 23.8 Å². The van der Waals surface area contributed by atoms with Crippen molar-refractivity contribution >= 4 is 34.8 Å². The summed E-state index contributed by atoms with van der Waals surface area (Å²) in [4.78, 5) is 21.3. The van der Waals surface area contributed by atoms with E-state index in [0.29, 0.717) is 23.4 Å². The largest absolute Gasteiger partial charge is 0.481 e. The maximum atomic E-state index is 13.0. The standard InChI is InChI=1S/C23H29ClN4O2S/c1-30-20-13-17(12-19(24)26-20)21(29)27-7-4-23(5-8-27)6-9-28(14-23)22(31)25-18-11-15-2-3-16(18)10-15/h2-3,12-13,15-16,18H,4-11,14H2,1H3,(H,25,31). The number of fused-ring (bicyclic) bond motifs is 2. The predicted octanol–water partition coefficient (Wildman–Crippen LogP) is 3.51. The number of hydrogen-bond acceptors (Lipinski definition) is 4. The number of carbonyl (C=O) groups is 1. The van der Waals surface area contributed by atoms with Crippen LogP contribution in [0.4, 0.5) is 0 Å². The zero-order chi connectivity index (χ0) is 21.6. The smallest absolute Gasteiger partial charge is 0.254 e. The van der Waals surface area contributed by atoms with Crippen LogP contribution in [-0.4, -0.2) is 65.1 Å². The van der Waals surface area contributed by atoms with Crippen molar-refractivity contribution in [2.45, 2.75) is 38.1 Å². The van der Waals surface area contributed by atoms with Crippen molar-refractivity contribution in [3.63, 3.8) is 0 Å². The topological polar surface area (TPSA) is 57.7 Å². The van der Waals surface area contributed by atoms with Gasteiger partial charge in [0.15, 0.2) is 5.11 Å². The van der Waals surface area contributed by atoms with Gasteiger partial charge in [0.2, 0.25) is 5.88 Å². The second-order valence-electron chi connectivity index (χ2n) is 9.52. The van der Waals surface area contributed by atoms with Crippen molar-refractivity contribution in [2.75, 3.05) is 33.3 Å². The van der Waals surface area contributed by atoms with E-state index < -0.39 is 0 Å². The van der Waals surface area contributed by atoms with E-state index in [9.17, 15) is 4.79 Å². The number of nitrogens with one attached hydrogen (secondary N) is 1. The Morgan fingerprint density at radius 3 is 2.58 bits per heavy atom. The van der Waals surface area contributed by atoms with Gasteiger partial charge in [-0.15, -0.1) is 0 Å². The lowest BCUT2D eigenvalue weighted by Crippen LogP contribution is -2.47. The molecule has 6 nitrogen and oxygen atoms in total. The third kappa shape index (κ3) is 4.14. The van der Waals surface area contributed by atoms with Gasteiger partial charge in [0, 0.05) is 43.9 Å². The first-order chi connectivity index (χ1) is 14.9. The summed E-state index contributed by atoms with van der Waals surface area (Å²) >= 11 is 11.8. The Labute approximate surface area is 194 Å². The third-order valence-electron chi connectivity index (χ3n) is 7.65. The Morgan fingerprint density at radius 2 is 1.94 bits per heavy atom. The average Bonchev–Trinajstić information content (AvgIpc) is 3.50. The summed E-state index contributed by atoms with van der Waals surface area (Å²) in [6, 6.07) is 3.77. The number of rotatable bonds is 3. The molecule has 1 saturated carbocycles. The highest BCUT2D eigenvalue weighted by molar-refractivity contribution is 7.80. The van der Waals surface area contributed by atoms with Crippen LogP contribution in [0.3, 0.4) is 0 Å². The van der Waals surface area contributed by atoms with Crippen LogP contribution in [0.5, 0.6) is 5.88 Å². The number of allylic oxidation sites excluding steroid dienone is 1. The lowest BCUT2D eigenvalue weighted by atomic mass is 9.77. The number of pyridine rings is 1. The van der Waals surface area contributed by atoms with Crippen molar-refractivity contribution in [2.24, 2.45) is 17.3 Å². The van der Waals surface area contributed by atoms with Gasteiger partial charge >= 0.3 is 0 Å². The van der Waals surface area contributed by atoms with E-state index in [1.807, 2.05) is 4.90 Å². The van der Waals surface area contributed by atoms with Crippen molar-refractivity contribution < 1.29 is 9.53 Å². The van der Waals surface area contributed by atoms with Crippen molar-refractivity contribution in [3.8, 4) is 5.88 Å². The molecule has 1 aromatic rings. The van der Waals surface area contributed by atoms with Crippen molar-refractivity contribution in [1.82, 2.24) is 20.1 Å². The predicted molar refractivity (Wildman–Crippen MR) is 124 cm³/mol. The molecule has 8 heteroatoms. The zero-order valence-corrected chi connectivity index (χ0v) is 19.4. The number of piperidine rings is 1. The summed E-state index contributed by atoms with van der Waals surface area (Å²) in [6.45, 7) is 3.51. The minimum absolute atomic E-state index is 0.00571. The maximum Gasteiger partial charge on any atom is 0.254 e. The highest BCUT2D eigenvalue weighted by atomic mass is 35.5. The first-order valence-corrected chi connectivity index (χ1v) is 12.0. The minimum atomic E-state index is -0.00571. The summed E-state index contributed by atoms with van der Waals surface area (Å²) in [5.74, 6) is 1.75. The first-order valence-electron chi connectivity index (χ1n) is 11.2. The fourth-order valence-corrected chi connectivity index (χ4v) is 6.29. The molecule has 1 spiro atoms. The molecule has 0 aromatic carbocycles. The van der Waals surface area contributed by atoms with Crippen LogP contribution in [0.2, 0.25) is 5.15 Å². The lowest BCUT2D eigenvalue weighted by Gasteiger charge is -2.39. The number of halogens is 1. The second kappa shape index (κ2) is 8.24. The monoisotopic (exact) mass is 460 g/mol. The van der Waals surface area contributed by atoms with Crippen LogP contribution >= 0.6 is 23.8 Å². The van der Waals surface area contributed by atoms with Gasteiger partial charge in [-0.05, 0) is 67.6 Å². The molecule has 3 fully saturated rings. The van der Waals surface area contributed by atoms with Gasteiger partial charge in [0.25, 0.3) is 5.91 Å². The normalized spacial score (nSPS) is 28.4. The number of nitrogens with zero attached hydrogens (tertiary/aromatic N) is 3. The van der Waals surface area contributed by atoms with E-state index >= 15 is 0 Å². The molecule has 1 N–H and O–H groups in total. The molecular weight excluding hydrogens is 432 g/mol. The fraction of sp³-hybridized carbons (Fsp3) is 0.609. The number of hydrogen-bond donors (Lipinski definition) is 1. The summed E-state index contributed by atoms with van der Waals surface area (Å²) in [7, 11) is 1.52. The third-order valence-corrected chi connectivity index (χ3v) is 8.22. The molecule has 5 rings (SSSR count). The van der Waals surface area contributed by atoms with Gasteiger partial charge in [0.1, 0.15) is 5.15 Å². The van der Waals surface area contributed by atoms with Gasteiger partial charge in [0.05, 0.1) is 7.11 Å². The Kier molecular flexibility index (Phi) is 5.59. The number of likely N-dealkylation sites (tertiary alicyclic amines) is 2. The quantitative estimate of drug-likeness (QED) is 0.423. The number of carbonyl (C=O) groups excluding carboxylic acids is 1. The molecule has 166 valence electrons. The van der Waals surface area contributed by atoms with Crippen molar-refractivity contribution in [3.05, 3.63) is 35.0 Å². The van der Waals surface area contributed by atoms with Crippen LogP contribution in [0.1, 0.15) is 42.5 Å². The molecular formula is C23H29ClN4O2S. The van der Waals surface area contributed by atoms with Crippen LogP contribution in [0.25, 0.3) is 0 Å². The molecule has 3 atom stereocenters. The van der Waals surface area contributed by atoms with E-state index in [0.717, 1.165) is 56.5 Å². The highest BCUT2D eigenvalue weighted by Gasteiger charge is 2.43. The van der Waals surface area contributed by atoms with Crippen LogP contribution in [0.15, 0.2) is 24.3 Å². The van der Waals surface area contributed by atoms with E-state index in [-0.39, 0.29) is 16.5 Å². The number of amides is 1. The molecule has 4 aliphatic rings. The summed E-state index contributed by atoms with van der Waals surface area (Å²) < 4.78 is 5.15. The SMILES string of the molecule is COc1cc(C(=O)N2CCC3(CC2)CCN(C(=S)NC2CC4C=CC2C4)C3)cc(Cl)n1. The van der Waals surface area contributed by atoms with E-state index in [2.05, 4.69) is 27.4 Å². The number of thiocarbonyl (C=S) groups is 1. The van der Waals surface area contributed by atoms with E-state index in [1.54, 1.807) is 12.1 Å². The molecule has 2 aliphatic heterocycles. The molecule has 2 saturated heterocycles. The number of methoxy groups -OCH3 is 1. The highest BCUT2D eigenvalue weighted by Crippen LogP contribution is 2.42. The maximum absolute atomic E-state index is 13.0. The van der Waals surface area contributed by atoms with Gasteiger partial charge in [-0.25, -0.2) is 4.98 Å². The van der Waals surface area contributed by atoms with Crippen LogP contribution < -0.4 is 10.1 Å². The lowest BCUT2D eigenvalue weighted by molar-refractivity contribution is 0.0598. The van der Waals surface area contributed by atoms with Gasteiger partial charge in [-0.3, -0.25) is 4.79 Å². The number of aromatic nitrogens is 1. The first kappa shape index (κ1) is 21.0.